The van der Waals surface area contributed by atoms with Gasteiger partial charge in [-0.1, -0.05) is 0 Å². The van der Waals surface area contributed by atoms with Crippen molar-refractivity contribution in [1.82, 2.24) is 5.32 Å². The Bertz CT molecular complexity index is 172. The average molecular weight is 226 g/mol. The quantitative estimate of drug-likeness (QED) is 0.759. The van der Waals surface area contributed by atoms with Gasteiger partial charge in [0.25, 0.3) is 0 Å². The Kier molecular flexibility index (Phi) is 5.76. The van der Waals surface area contributed by atoms with E-state index in [9.17, 15) is 4.79 Å². The third kappa shape index (κ3) is 3.04. The van der Waals surface area contributed by atoms with Crippen molar-refractivity contribution in [3.05, 3.63) is 0 Å². The molecule has 1 heterocycles. The predicted molar refractivity (Wildman–Crippen MR) is 57.9 cm³/mol. The molecule has 0 aromatic rings. The van der Waals surface area contributed by atoms with E-state index >= 15 is 0 Å². The zero-order valence-electron chi connectivity index (χ0n) is 7.71. The first-order chi connectivity index (χ1) is 5.71. The third-order valence-corrected chi connectivity index (χ3v) is 3.00. The molecule has 0 aromatic carbocycles. The SMILES string of the molecule is CSCC[C@@]1(C(=O)O)CCCN1.Cl. The van der Waals surface area contributed by atoms with Crippen molar-refractivity contribution in [2.45, 2.75) is 24.8 Å². The molecule has 1 aliphatic heterocycles. The van der Waals surface area contributed by atoms with E-state index in [1.807, 2.05) is 6.26 Å². The smallest absolute Gasteiger partial charge is 0.323 e. The number of hydrogen-bond donors (Lipinski definition) is 2. The van der Waals surface area contributed by atoms with E-state index in [0.29, 0.717) is 0 Å². The Labute approximate surface area is 89.1 Å². The fraction of sp³-hybridized carbons (Fsp3) is 0.875. The van der Waals surface area contributed by atoms with Gasteiger partial charge in [-0.3, -0.25) is 4.79 Å². The molecule has 0 unspecified atom stereocenters. The lowest BCUT2D eigenvalue weighted by Crippen LogP contribution is -2.47. The molecule has 1 fully saturated rings. The summed E-state index contributed by atoms with van der Waals surface area (Å²) in [7, 11) is 0. The van der Waals surface area contributed by atoms with Gasteiger partial charge >= 0.3 is 5.97 Å². The molecular weight excluding hydrogens is 210 g/mol. The molecule has 78 valence electrons. The highest BCUT2D eigenvalue weighted by Crippen LogP contribution is 2.24. The summed E-state index contributed by atoms with van der Waals surface area (Å²) in [6.07, 6.45) is 4.51. The van der Waals surface area contributed by atoms with Crippen molar-refractivity contribution in [2.24, 2.45) is 0 Å². The highest BCUT2D eigenvalue weighted by Gasteiger charge is 2.40. The standard InChI is InChI=1S/C8H15NO2S.ClH/c1-12-6-4-8(7(10)11)3-2-5-9-8;/h9H,2-6H2,1H3,(H,10,11);1H/t8-;/m1./s1. The van der Waals surface area contributed by atoms with Crippen LogP contribution in [0, 0.1) is 0 Å². The van der Waals surface area contributed by atoms with Crippen molar-refractivity contribution in [3.8, 4) is 0 Å². The van der Waals surface area contributed by atoms with E-state index < -0.39 is 11.5 Å². The summed E-state index contributed by atoms with van der Waals surface area (Å²) >= 11 is 1.70. The largest absolute Gasteiger partial charge is 0.480 e. The summed E-state index contributed by atoms with van der Waals surface area (Å²) in [5.41, 5.74) is -0.608. The number of nitrogens with one attached hydrogen (secondary N) is 1. The van der Waals surface area contributed by atoms with E-state index in [0.717, 1.165) is 31.6 Å². The van der Waals surface area contributed by atoms with Crippen molar-refractivity contribution < 1.29 is 9.90 Å². The van der Waals surface area contributed by atoms with Gasteiger partial charge in [0.15, 0.2) is 0 Å². The van der Waals surface area contributed by atoms with Crippen molar-refractivity contribution in [1.29, 1.82) is 0 Å². The molecule has 0 aromatic heterocycles. The maximum Gasteiger partial charge on any atom is 0.323 e. The first-order valence-corrected chi connectivity index (χ1v) is 5.58. The van der Waals surface area contributed by atoms with E-state index in [4.69, 9.17) is 5.11 Å². The minimum atomic E-state index is -0.686. The van der Waals surface area contributed by atoms with Crippen LogP contribution in [-0.4, -0.2) is 35.2 Å². The summed E-state index contributed by atoms with van der Waals surface area (Å²) in [4.78, 5) is 11.0. The van der Waals surface area contributed by atoms with Crippen LogP contribution in [0.1, 0.15) is 19.3 Å². The number of carbonyl (C=O) groups is 1. The first-order valence-electron chi connectivity index (χ1n) is 4.19. The van der Waals surface area contributed by atoms with Crippen LogP contribution in [0.5, 0.6) is 0 Å². The number of carboxylic acid groups (broad SMARTS) is 1. The van der Waals surface area contributed by atoms with E-state index in [1.54, 1.807) is 11.8 Å². The van der Waals surface area contributed by atoms with Crippen LogP contribution in [-0.2, 0) is 4.79 Å². The van der Waals surface area contributed by atoms with Gasteiger partial charge in [0.05, 0.1) is 0 Å². The molecule has 2 N–H and O–H groups in total. The fourth-order valence-electron chi connectivity index (χ4n) is 1.59. The van der Waals surface area contributed by atoms with Gasteiger partial charge in [0, 0.05) is 0 Å². The zero-order valence-corrected chi connectivity index (χ0v) is 9.34. The second-order valence-electron chi connectivity index (χ2n) is 3.16. The van der Waals surface area contributed by atoms with E-state index in [-0.39, 0.29) is 12.4 Å². The van der Waals surface area contributed by atoms with Crippen LogP contribution in [0.15, 0.2) is 0 Å². The number of halogens is 1. The molecule has 0 radical (unpaired) electrons. The molecule has 1 atom stereocenters. The zero-order chi connectivity index (χ0) is 9.03. The van der Waals surface area contributed by atoms with Crippen LogP contribution >= 0.6 is 24.2 Å². The lowest BCUT2D eigenvalue weighted by atomic mass is 9.95. The van der Waals surface area contributed by atoms with Crippen LogP contribution in [0.3, 0.4) is 0 Å². The van der Waals surface area contributed by atoms with Gasteiger partial charge < -0.3 is 10.4 Å². The lowest BCUT2D eigenvalue weighted by Gasteiger charge is -2.23. The molecule has 0 bridgehead atoms. The fourth-order valence-corrected chi connectivity index (χ4v) is 2.14. The van der Waals surface area contributed by atoms with Crippen molar-refractivity contribution in [2.75, 3.05) is 18.6 Å². The predicted octanol–water partition coefficient (Wildman–Crippen LogP) is 1.37. The van der Waals surface area contributed by atoms with Crippen LogP contribution < -0.4 is 5.32 Å². The molecule has 0 saturated carbocycles. The van der Waals surface area contributed by atoms with Crippen LogP contribution in [0.2, 0.25) is 0 Å². The minimum Gasteiger partial charge on any atom is -0.480 e. The van der Waals surface area contributed by atoms with Crippen LogP contribution in [0.4, 0.5) is 0 Å². The molecule has 3 nitrogen and oxygen atoms in total. The van der Waals surface area contributed by atoms with E-state index in [2.05, 4.69) is 5.32 Å². The second kappa shape index (κ2) is 5.73. The normalized spacial score (nSPS) is 26.8. The Morgan fingerprint density at radius 2 is 2.38 bits per heavy atom. The third-order valence-electron chi connectivity index (χ3n) is 2.39. The highest BCUT2D eigenvalue weighted by atomic mass is 35.5. The maximum atomic E-state index is 11.0. The number of rotatable bonds is 4. The summed E-state index contributed by atoms with van der Waals surface area (Å²) in [6.45, 7) is 0.848. The molecule has 1 aliphatic rings. The molecular formula is C8H16ClNO2S. The highest BCUT2D eigenvalue weighted by molar-refractivity contribution is 7.98. The molecule has 1 rings (SSSR count). The van der Waals surface area contributed by atoms with Gasteiger partial charge in [-0.25, -0.2) is 0 Å². The van der Waals surface area contributed by atoms with Gasteiger partial charge in [0.1, 0.15) is 5.54 Å². The molecule has 13 heavy (non-hydrogen) atoms. The van der Waals surface area contributed by atoms with Gasteiger partial charge in [0.2, 0.25) is 0 Å². The lowest BCUT2D eigenvalue weighted by molar-refractivity contribution is -0.144. The summed E-state index contributed by atoms with van der Waals surface area (Å²) in [5, 5.41) is 12.1. The molecule has 0 amide bonds. The summed E-state index contributed by atoms with van der Waals surface area (Å²) < 4.78 is 0. The van der Waals surface area contributed by atoms with Gasteiger partial charge in [-0.05, 0) is 37.8 Å². The van der Waals surface area contributed by atoms with Crippen LogP contribution in [0.25, 0.3) is 0 Å². The van der Waals surface area contributed by atoms with Crippen molar-refractivity contribution >= 4 is 30.1 Å². The van der Waals surface area contributed by atoms with Gasteiger partial charge in [-0.15, -0.1) is 12.4 Å². The van der Waals surface area contributed by atoms with E-state index in [1.165, 1.54) is 0 Å². The number of hydrogen-bond acceptors (Lipinski definition) is 3. The Morgan fingerprint density at radius 3 is 2.77 bits per heavy atom. The van der Waals surface area contributed by atoms with Crippen molar-refractivity contribution in [3.63, 3.8) is 0 Å². The first kappa shape index (κ1) is 13.1. The number of carboxylic acids is 1. The molecule has 0 spiro atoms. The average Bonchev–Trinajstić information content (AvgIpc) is 2.50. The van der Waals surface area contributed by atoms with Gasteiger partial charge in [-0.2, -0.15) is 11.8 Å². The summed E-state index contributed by atoms with van der Waals surface area (Å²) in [5.74, 6) is 0.230. The Balaban J connectivity index is 0.00000144. The monoisotopic (exact) mass is 225 g/mol. The molecule has 5 heteroatoms. The molecule has 1 saturated heterocycles. The summed E-state index contributed by atoms with van der Waals surface area (Å²) in [6, 6.07) is 0. The maximum absolute atomic E-state index is 11.0. The Morgan fingerprint density at radius 1 is 1.69 bits per heavy atom. The topological polar surface area (TPSA) is 49.3 Å². The number of thioether (sulfide) groups is 1. The minimum absolute atomic E-state index is 0. The number of aliphatic carboxylic acids is 1. The Hall–Kier alpha value is 0.0700. The second-order valence-corrected chi connectivity index (χ2v) is 4.15. The molecule has 0 aliphatic carbocycles.